The summed E-state index contributed by atoms with van der Waals surface area (Å²) < 4.78 is 0. The van der Waals surface area contributed by atoms with Gasteiger partial charge < -0.3 is 0 Å². The fourth-order valence-corrected chi connectivity index (χ4v) is 3.73. The molecule has 0 radical (unpaired) electrons. The largest absolute Gasteiger partial charge is 0.293 e. The summed E-state index contributed by atoms with van der Waals surface area (Å²) in [6.07, 6.45) is 4.85. The molecule has 1 aromatic heterocycles. The topological polar surface area (TPSA) is 30.0 Å². The molecule has 0 amide bonds. The Morgan fingerprint density at radius 3 is 2.87 bits per heavy atom. The predicted octanol–water partition coefficient (Wildman–Crippen LogP) is 3.17. The summed E-state index contributed by atoms with van der Waals surface area (Å²) in [7, 11) is 0. The second kappa shape index (κ2) is 5.12. The van der Waals surface area contributed by atoms with Crippen molar-refractivity contribution in [3.8, 4) is 0 Å². The lowest BCUT2D eigenvalue weighted by molar-refractivity contribution is 0.0962. The van der Waals surface area contributed by atoms with Gasteiger partial charge in [-0.3, -0.25) is 4.79 Å². The van der Waals surface area contributed by atoms with E-state index in [1.54, 1.807) is 6.20 Å². The minimum atomic E-state index is 0.289. The SMILES string of the molecule is Cc1ncc(C(=O)CC2CCSCC2)s1. The molecular formula is C11H15NOS2. The molecule has 1 saturated heterocycles. The van der Waals surface area contributed by atoms with Crippen LogP contribution in [0.15, 0.2) is 6.20 Å². The Hall–Kier alpha value is -0.350. The first-order valence-corrected chi connectivity index (χ1v) is 7.26. The number of thioether (sulfide) groups is 1. The van der Waals surface area contributed by atoms with Crippen LogP contribution >= 0.6 is 23.1 Å². The van der Waals surface area contributed by atoms with E-state index in [4.69, 9.17) is 0 Å². The van der Waals surface area contributed by atoms with Gasteiger partial charge in [0.2, 0.25) is 0 Å². The lowest BCUT2D eigenvalue weighted by Crippen LogP contribution is -2.13. The Morgan fingerprint density at radius 2 is 2.27 bits per heavy atom. The van der Waals surface area contributed by atoms with Gasteiger partial charge in [0.05, 0.1) is 9.88 Å². The van der Waals surface area contributed by atoms with Crippen molar-refractivity contribution in [3.63, 3.8) is 0 Å². The van der Waals surface area contributed by atoms with E-state index in [1.807, 2.05) is 18.7 Å². The third-order valence-corrected chi connectivity index (χ3v) is 4.71. The molecule has 2 nitrogen and oxygen atoms in total. The van der Waals surface area contributed by atoms with E-state index in [-0.39, 0.29) is 5.78 Å². The van der Waals surface area contributed by atoms with Crippen LogP contribution in [0.25, 0.3) is 0 Å². The lowest BCUT2D eigenvalue weighted by atomic mass is 9.96. The van der Waals surface area contributed by atoms with Crippen LogP contribution in [0.3, 0.4) is 0 Å². The van der Waals surface area contributed by atoms with E-state index in [9.17, 15) is 4.79 Å². The zero-order chi connectivity index (χ0) is 10.7. The van der Waals surface area contributed by atoms with Gasteiger partial charge in [0, 0.05) is 12.6 Å². The molecular weight excluding hydrogens is 226 g/mol. The van der Waals surface area contributed by atoms with E-state index in [0.717, 1.165) is 16.3 Å². The fourth-order valence-electron chi connectivity index (χ4n) is 1.80. The molecule has 0 spiro atoms. The molecule has 4 heteroatoms. The molecule has 0 saturated carbocycles. The standard InChI is InChI=1S/C11H15NOS2/c1-8-12-7-11(15-8)10(13)6-9-2-4-14-5-3-9/h7,9H,2-6H2,1H3. The monoisotopic (exact) mass is 241 g/mol. The molecule has 1 aromatic rings. The molecule has 0 aromatic carbocycles. The van der Waals surface area contributed by atoms with Gasteiger partial charge in [-0.2, -0.15) is 11.8 Å². The van der Waals surface area contributed by atoms with Gasteiger partial charge in [0.1, 0.15) is 0 Å². The second-order valence-corrected chi connectivity index (χ2v) is 6.39. The smallest absolute Gasteiger partial charge is 0.174 e. The van der Waals surface area contributed by atoms with Gasteiger partial charge in [0.25, 0.3) is 0 Å². The van der Waals surface area contributed by atoms with Crippen LogP contribution in [0, 0.1) is 12.8 Å². The zero-order valence-corrected chi connectivity index (χ0v) is 10.5. The molecule has 2 heterocycles. The highest BCUT2D eigenvalue weighted by Gasteiger charge is 2.19. The minimum Gasteiger partial charge on any atom is -0.293 e. The molecule has 1 fully saturated rings. The average Bonchev–Trinajstić information content (AvgIpc) is 2.66. The van der Waals surface area contributed by atoms with Gasteiger partial charge in [0.15, 0.2) is 5.78 Å². The average molecular weight is 241 g/mol. The van der Waals surface area contributed by atoms with Crippen LogP contribution in [-0.4, -0.2) is 22.3 Å². The number of hydrogen-bond donors (Lipinski definition) is 0. The summed E-state index contributed by atoms with van der Waals surface area (Å²) in [4.78, 5) is 16.9. The van der Waals surface area contributed by atoms with Crippen LogP contribution in [-0.2, 0) is 0 Å². The van der Waals surface area contributed by atoms with E-state index < -0.39 is 0 Å². The Bertz CT molecular complexity index is 342. The summed E-state index contributed by atoms with van der Waals surface area (Å²) in [5, 5.41) is 0.984. The van der Waals surface area contributed by atoms with Crippen molar-refractivity contribution in [2.75, 3.05) is 11.5 Å². The molecule has 0 N–H and O–H groups in total. The number of aromatic nitrogens is 1. The zero-order valence-electron chi connectivity index (χ0n) is 8.86. The maximum Gasteiger partial charge on any atom is 0.174 e. The van der Waals surface area contributed by atoms with Crippen LogP contribution < -0.4 is 0 Å². The Labute approximate surface area is 98.5 Å². The normalized spacial score (nSPS) is 17.9. The van der Waals surface area contributed by atoms with Crippen molar-refractivity contribution in [2.24, 2.45) is 5.92 Å². The highest BCUT2D eigenvalue weighted by molar-refractivity contribution is 7.99. The first kappa shape index (κ1) is 11.1. The molecule has 82 valence electrons. The van der Waals surface area contributed by atoms with Crippen molar-refractivity contribution in [1.29, 1.82) is 0 Å². The summed E-state index contributed by atoms with van der Waals surface area (Å²) >= 11 is 3.52. The van der Waals surface area contributed by atoms with Crippen molar-refractivity contribution < 1.29 is 4.79 Å². The third-order valence-electron chi connectivity index (χ3n) is 2.71. The summed E-state index contributed by atoms with van der Waals surface area (Å²) in [6.45, 7) is 1.94. The fraction of sp³-hybridized carbons (Fsp3) is 0.636. The Morgan fingerprint density at radius 1 is 1.53 bits per heavy atom. The third kappa shape index (κ3) is 3.05. The second-order valence-electron chi connectivity index (χ2n) is 3.93. The molecule has 1 aliphatic rings. The summed E-state index contributed by atoms with van der Waals surface area (Å²) in [5.74, 6) is 3.35. The highest BCUT2D eigenvalue weighted by atomic mass is 32.2. The number of aryl methyl sites for hydroxylation is 1. The molecule has 0 atom stereocenters. The van der Waals surface area contributed by atoms with Crippen LogP contribution in [0.1, 0.15) is 33.9 Å². The molecule has 1 aliphatic heterocycles. The number of Topliss-reactive ketones (excluding diaryl/α,β-unsaturated/α-hetero) is 1. The number of nitrogens with zero attached hydrogens (tertiary/aromatic N) is 1. The molecule has 0 aliphatic carbocycles. The summed E-state index contributed by atoms with van der Waals surface area (Å²) in [5.41, 5.74) is 0. The van der Waals surface area contributed by atoms with Gasteiger partial charge >= 0.3 is 0 Å². The van der Waals surface area contributed by atoms with Crippen LogP contribution in [0.4, 0.5) is 0 Å². The Balaban J connectivity index is 1.91. The van der Waals surface area contributed by atoms with Crippen molar-refractivity contribution in [1.82, 2.24) is 4.98 Å². The maximum absolute atomic E-state index is 11.9. The number of ketones is 1. The van der Waals surface area contributed by atoms with Crippen molar-refractivity contribution in [2.45, 2.75) is 26.2 Å². The highest BCUT2D eigenvalue weighted by Crippen LogP contribution is 2.27. The van der Waals surface area contributed by atoms with Gasteiger partial charge in [-0.15, -0.1) is 11.3 Å². The van der Waals surface area contributed by atoms with Gasteiger partial charge in [-0.1, -0.05) is 0 Å². The maximum atomic E-state index is 11.9. The van der Waals surface area contributed by atoms with E-state index in [0.29, 0.717) is 5.92 Å². The molecule has 2 rings (SSSR count). The minimum absolute atomic E-state index is 0.289. The summed E-state index contributed by atoms with van der Waals surface area (Å²) in [6, 6.07) is 0. The van der Waals surface area contributed by atoms with Crippen molar-refractivity contribution >= 4 is 28.9 Å². The van der Waals surface area contributed by atoms with Gasteiger partial charge in [-0.25, -0.2) is 4.98 Å². The first-order valence-electron chi connectivity index (χ1n) is 5.29. The number of carbonyl (C=O) groups is 1. The number of hydrogen-bond acceptors (Lipinski definition) is 4. The van der Waals surface area contributed by atoms with Crippen LogP contribution in [0.2, 0.25) is 0 Å². The molecule has 0 unspecified atom stereocenters. The lowest BCUT2D eigenvalue weighted by Gasteiger charge is -2.19. The number of carbonyl (C=O) groups excluding carboxylic acids is 1. The number of rotatable bonds is 3. The van der Waals surface area contributed by atoms with Crippen LogP contribution in [0.5, 0.6) is 0 Å². The quantitative estimate of drug-likeness (QED) is 0.761. The molecule has 15 heavy (non-hydrogen) atoms. The van der Waals surface area contributed by atoms with E-state index >= 15 is 0 Å². The van der Waals surface area contributed by atoms with Gasteiger partial charge in [-0.05, 0) is 37.2 Å². The van der Waals surface area contributed by atoms with Crippen molar-refractivity contribution in [3.05, 3.63) is 16.1 Å². The predicted molar refractivity (Wildman–Crippen MR) is 65.8 cm³/mol. The number of thiazole rings is 1. The Kier molecular flexibility index (Phi) is 3.81. The van der Waals surface area contributed by atoms with E-state index in [2.05, 4.69) is 4.98 Å². The van der Waals surface area contributed by atoms with E-state index in [1.165, 1.54) is 35.7 Å². The molecule has 0 bridgehead atoms. The first-order chi connectivity index (χ1) is 7.25.